The number of hydrogen-bond donors (Lipinski definition) is 0. The summed E-state index contributed by atoms with van der Waals surface area (Å²) in [6.45, 7) is 0. The SMILES string of the molecule is F[Si]1(F)C=C[Si](F)(F)C=C1. The van der Waals surface area contributed by atoms with Gasteiger partial charge in [-0.2, -0.15) is 0 Å². The van der Waals surface area contributed by atoms with Crippen molar-refractivity contribution in [2.24, 2.45) is 0 Å². The van der Waals surface area contributed by atoms with E-state index in [4.69, 9.17) is 0 Å². The quantitative estimate of drug-likeness (QED) is 0.307. The molecule has 1 rings (SSSR count). The van der Waals surface area contributed by atoms with E-state index in [1.165, 1.54) is 0 Å². The van der Waals surface area contributed by atoms with Crippen LogP contribution in [-0.4, -0.2) is 17.5 Å². The highest BCUT2D eigenvalue weighted by Gasteiger charge is 2.40. The van der Waals surface area contributed by atoms with Gasteiger partial charge >= 0.3 is 17.5 Å². The van der Waals surface area contributed by atoms with Crippen LogP contribution in [0.4, 0.5) is 16.4 Å². The first kappa shape index (κ1) is 7.74. The van der Waals surface area contributed by atoms with Gasteiger partial charge in [-0.3, -0.25) is 16.4 Å². The lowest BCUT2D eigenvalue weighted by Gasteiger charge is -2.09. The van der Waals surface area contributed by atoms with Crippen LogP contribution in [0.25, 0.3) is 0 Å². The number of hydrogen-bond acceptors (Lipinski definition) is 0. The third-order valence-electron chi connectivity index (χ3n) is 1.06. The predicted octanol–water partition coefficient (Wildman–Crippen LogP) is 2.03. The van der Waals surface area contributed by atoms with Crippen molar-refractivity contribution in [3.63, 3.8) is 0 Å². The Morgan fingerprint density at radius 1 is 0.600 bits per heavy atom. The maximum atomic E-state index is 12.2. The van der Waals surface area contributed by atoms with Crippen LogP contribution in [0.2, 0.25) is 0 Å². The van der Waals surface area contributed by atoms with E-state index in [2.05, 4.69) is 0 Å². The molecule has 1 aliphatic heterocycles. The van der Waals surface area contributed by atoms with E-state index in [9.17, 15) is 16.4 Å². The molecule has 0 fully saturated rings. The van der Waals surface area contributed by atoms with Gasteiger partial charge in [-0.15, -0.1) is 0 Å². The van der Waals surface area contributed by atoms with E-state index in [1.54, 1.807) is 0 Å². The molecule has 0 aromatic heterocycles. The van der Waals surface area contributed by atoms with Crippen LogP contribution in [0.15, 0.2) is 22.8 Å². The van der Waals surface area contributed by atoms with Crippen molar-refractivity contribution in [2.45, 2.75) is 0 Å². The predicted molar refractivity (Wildman–Crippen MR) is 34.2 cm³/mol. The van der Waals surface area contributed by atoms with Gasteiger partial charge in [-0.05, 0) is 22.8 Å². The van der Waals surface area contributed by atoms with Crippen molar-refractivity contribution < 1.29 is 16.4 Å². The third kappa shape index (κ3) is 1.81. The molecule has 56 valence electrons. The van der Waals surface area contributed by atoms with Crippen LogP contribution in [0.3, 0.4) is 0 Å². The highest BCUT2D eigenvalue weighted by molar-refractivity contribution is 6.86. The minimum absolute atomic E-state index is 0.388. The van der Waals surface area contributed by atoms with Gasteiger partial charge in [0.1, 0.15) is 0 Å². The zero-order valence-electron chi connectivity index (χ0n) is 4.82. The largest absolute Gasteiger partial charge is 0.472 e. The molecule has 0 radical (unpaired) electrons. The molecule has 0 saturated heterocycles. The zero-order valence-corrected chi connectivity index (χ0v) is 6.82. The van der Waals surface area contributed by atoms with Crippen LogP contribution >= 0.6 is 0 Å². The Morgan fingerprint density at radius 2 is 0.800 bits per heavy atom. The lowest BCUT2D eigenvalue weighted by atomic mass is 11.2. The van der Waals surface area contributed by atoms with E-state index < -0.39 is 17.5 Å². The standard InChI is InChI=1S/C4H4F4Si2/c5-9(6)1-2-10(7,8)4-3-9/h1-4H. The van der Waals surface area contributed by atoms with Crippen LogP contribution in [0.5, 0.6) is 0 Å². The fraction of sp³-hybridized carbons (Fsp3) is 0. The van der Waals surface area contributed by atoms with Crippen LogP contribution in [0, 0.1) is 0 Å². The molecule has 0 unspecified atom stereocenters. The molecule has 0 bridgehead atoms. The van der Waals surface area contributed by atoms with E-state index in [0.717, 1.165) is 0 Å². The Morgan fingerprint density at radius 3 is 1.00 bits per heavy atom. The molecular formula is C4H4F4Si2. The fourth-order valence-corrected chi connectivity index (χ4v) is 4.33. The van der Waals surface area contributed by atoms with Crippen molar-refractivity contribution >= 4 is 17.5 Å². The summed E-state index contributed by atoms with van der Waals surface area (Å²) < 4.78 is 48.8. The van der Waals surface area contributed by atoms with Gasteiger partial charge < -0.3 is 0 Å². The summed E-state index contributed by atoms with van der Waals surface area (Å²) in [5.41, 5.74) is 1.55. The lowest BCUT2D eigenvalue weighted by Crippen LogP contribution is -2.28. The van der Waals surface area contributed by atoms with Gasteiger partial charge in [0.05, 0.1) is 0 Å². The molecular weight excluding hydrogens is 180 g/mol. The highest BCUT2D eigenvalue weighted by atomic mass is 28.4. The van der Waals surface area contributed by atoms with E-state index in [1.807, 2.05) is 0 Å². The molecule has 0 saturated carbocycles. The molecule has 0 aliphatic carbocycles. The van der Waals surface area contributed by atoms with Crippen molar-refractivity contribution in [3.8, 4) is 0 Å². The molecule has 0 spiro atoms. The topological polar surface area (TPSA) is 0 Å². The van der Waals surface area contributed by atoms with E-state index in [-0.39, 0.29) is 0 Å². The molecule has 0 aromatic rings. The molecule has 10 heavy (non-hydrogen) atoms. The first-order valence-corrected chi connectivity index (χ1v) is 6.40. The summed E-state index contributed by atoms with van der Waals surface area (Å²) in [5.74, 6) is 0. The van der Waals surface area contributed by atoms with Crippen LogP contribution in [-0.2, 0) is 0 Å². The maximum absolute atomic E-state index is 12.2. The molecule has 1 heterocycles. The van der Waals surface area contributed by atoms with Gasteiger partial charge in [0, 0.05) is 0 Å². The smallest absolute Gasteiger partial charge is 0.261 e. The van der Waals surface area contributed by atoms with Gasteiger partial charge in [0.15, 0.2) is 0 Å². The monoisotopic (exact) mass is 184 g/mol. The number of halogens is 4. The van der Waals surface area contributed by atoms with Gasteiger partial charge in [0.2, 0.25) is 0 Å². The van der Waals surface area contributed by atoms with Crippen molar-refractivity contribution in [2.75, 3.05) is 0 Å². The van der Waals surface area contributed by atoms with Crippen molar-refractivity contribution in [1.82, 2.24) is 0 Å². The highest BCUT2D eigenvalue weighted by Crippen LogP contribution is 2.22. The zero-order chi connectivity index (χ0) is 7.83. The minimum atomic E-state index is -4.49. The second-order valence-electron chi connectivity index (χ2n) is 2.02. The average molecular weight is 184 g/mol. The lowest BCUT2D eigenvalue weighted by molar-refractivity contribution is 0.632. The maximum Gasteiger partial charge on any atom is 0.472 e. The van der Waals surface area contributed by atoms with Crippen molar-refractivity contribution in [3.05, 3.63) is 22.8 Å². The molecule has 0 atom stereocenters. The second-order valence-corrected chi connectivity index (χ2v) is 6.05. The Kier molecular flexibility index (Phi) is 1.59. The van der Waals surface area contributed by atoms with Crippen LogP contribution in [0.1, 0.15) is 0 Å². The van der Waals surface area contributed by atoms with Gasteiger partial charge in [-0.25, -0.2) is 0 Å². The molecule has 6 heteroatoms. The second kappa shape index (κ2) is 2.06. The normalized spacial score (nSPS) is 26.8. The Hall–Kier alpha value is -0.366. The van der Waals surface area contributed by atoms with E-state index in [0.29, 0.717) is 22.8 Å². The third-order valence-corrected chi connectivity index (χ3v) is 4.17. The summed E-state index contributed by atoms with van der Waals surface area (Å²) in [4.78, 5) is 0. The summed E-state index contributed by atoms with van der Waals surface area (Å²) in [7, 11) is -8.97. The van der Waals surface area contributed by atoms with E-state index >= 15 is 0 Å². The summed E-state index contributed by atoms with van der Waals surface area (Å²) in [5, 5.41) is 0. The first-order valence-electron chi connectivity index (χ1n) is 2.58. The minimum Gasteiger partial charge on any atom is -0.261 e. The molecule has 1 aliphatic rings. The van der Waals surface area contributed by atoms with Gasteiger partial charge in [-0.1, -0.05) is 0 Å². The Bertz CT molecular complexity index is 157. The molecule has 0 N–H and O–H groups in total. The average Bonchev–Trinajstić information content (AvgIpc) is 1.79. The Balaban J connectivity index is 2.81. The Labute approximate surface area is 57.6 Å². The molecule has 0 nitrogen and oxygen atoms in total. The summed E-state index contributed by atoms with van der Waals surface area (Å²) in [6.07, 6.45) is 0. The fourth-order valence-electron chi connectivity index (χ4n) is 0.556. The van der Waals surface area contributed by atoms with Crippen molar-refractivity contribution in [1.29, 1.82) is 0 Å². The summed E-state index contributed by atoms with van der Waals surface area (Å²) in [6, 6.07) is 0. The summed E-state index contributed by atoms with van der Waals surface area (Å²) >= 11 is 0. The first-order chi connectivity index (χ1) is 4.41. The van der Waals surface area contributed by atoms with Crippen LogP contribution < -0.4 is 0 Å². The molecule has 0 aromatic carbocycles. The number of rotatable bonds is 0. The van der Waals surface area contributed by atoms with Gasteiger partial charge in [0.25, 0.3) is 0 Å². The molecule has 0 amide bonds.